The Morgan fingerprint density at radius 2 is 2.19 bits per heavy atom. The Balaban J connectivity index is 1.67. The predicted molar refractivity (Wildman–Crippen MR) is 87.7 cm³/mol. The van der Waals surface area contributed by atoms with Crippen molar-refractivity contribution in [3.8, 4) is 0 Å². The Bertz CT molecular complexity index is 427. The highest BCUT2D eigenvalue weighted by molar-refractivity contribution is 5.79. The predicted octanol–water partition coefficient (Wildman–Crippen LogP) is 2.16. The molecule has 1 saturated heterocycles. The maximum absolute atomic E-state index is 5.43. The summed E-state index contributed by atoms with van der Waals surface area (Å²) in [5, 5.41) is 3.45. The van der Waals surface area contributed by atoms with Crippen molar-refractivity contribution in [2.24, 2.45) is 10.9 Å². The van der Waals surface area contributed by atoms with Gasteiger partial charge in [-0.2, -0.15) is 0 Å². The van der Waals surface area contributed by atoms with E-state index in [4.69, 9.17) is 4.74 Å². The maximum atomic E-state index is 5.43. The third-order valence-electron chi connectivity index (χ3n) is 3.90. The number of ether oxygens (including phenoxy) is 1. The first kappa shape index (κ1) is 15.8. The lowest BCUT2D eigenvalue weighted by Gasteiger charge is -2.24. The van der Waals surface area contributed by atoms with Crippen molar-refractivity contribution >= 4 is 5.96 Å². The summed E-state index contributed by atoms with van der Waals surface area (Å²) in [6.45, 7) is 3.75. The zero-order valence-corrected chi connectivity index (χ0v) is 13.2. The van der Waals surface area contributed by atoms with Gasteiger partial charge in [0.05, 0.1) is 6.61 Å². The van der Waals surface area contributed by atoms with E-state index in [9.17, 15) is 0 Å². The van der Waals surface area contributed by atoms with Crippen molar-refractivity contribution < 1.29 is 4.74 Å². The standard InChI is InChI=1S/C17H27N3O/c1-18-17(20(2)13-16-10-12-21-14-16)19-11-6-9-15-7-4-3-5-8-15/h3-5,7-8,16H,6,9-14H2,1-2H3,(H,18,19). The monoisotopic (exact) mass is 289 g/mol. The first-order chi connectivity index (χ1) is 10.3. The molecule has 0 spiro atoms. The van der Waals surface area contributed by atoms with Crippen LogP contribution in [-0.2, 0) is 11.2 Å². The van der Waals surface area contributed by atoms with Crippen LogP contribution in [0, 0.1) is 5.92 Å². The maximum Gasteiger partial charge on any atom is 0.193 e. The number of benzene rings is 1. The summed E-state index contributed by atoms with van der Waals surface area (Å²) in [7, 11) is 3.95. The number of rotatable bonds is 6. The molecule has 0 bridgehead atoms. The number of nitrogens with one attached hydrogen (secondary N) is 1. The van der Waals surface area contributed by atoms with Crippen molar-refractivity contribution in [1.29, 1.82) is 0 Å². The second kappa shape index (κ2) is 8.67. The number of nitrogens with zero attached hydrogens (tertiary/aromatic N) is 2. The fourth-order valence-corrected chi connectivity index (χ4v) is 2.72. The minimum Gasteiger partial charge on any atom is -0.381 e. The Labute approximate surface area is 128 Å². The first-order valence-electron chi connectivity index (χ1n) is 7.83. The molecule has 1 fully saturated rings. The van der Waals surface area contributed by atoms with Gasteiger partial charge in [-0.15, -0.1) is 0 Å². The largest absolute Gasteiger partial charge is 0.381 e. The number of aliphatic imine (C=N–C) groups is 1. The van der Waals surface area contributed by atoms with Crippen LogP contribution in [0.4, 0.5) is 0 Å². The molecule has 0 radical (unpaired) electrons. The van der Waals surface area contributed by atoms with E-state index in [2.05, 4.69) is 52.6 Å². The smallest absolute Gasteiger partial charge is 0.193 e. The van der Waals surface area contributed by atoms with E-state index in [0.717, 1.165) is 51.5 Å². The molecule has 0 amide bonds. The number of guanidine groups is 1. The van der Waals surface area contributed by atoms with E-state index in [0.29, 0.717) is 5.92 Å². The van der Waals surface area contributed by atoms with Crippen molar-refractivity contribution in [2.75, 3.05) is 40.4 Å². The van der Waals surface area contributed by atoms with Gasteiger partial charge < -0.3 is 15.0 Å². The Hall–Kier alpha value is -1.55. The summed E-state index contributed by atoms with van der Waals surface area (Å²) in [5.41, 5.74) is 1.39. The number of aryl methyl sites for hydroxylation is 1. The highest BCUT2D eigenvalue weighted by Gasteiger charge is 2.18. The molecule has 0 saturated carbocycles. The third kappa shape index (κ3) is 5.38. The lowest BCUT2D eigenvalue weighted by atomic mass is 10.1. The van der Waals surface area contributed by atoms with Crippen molar-refractivity contribution in [2.45, 2.75) is 19.3 Å². The van der Waals surface area contributed by atoms with Crippen LogP contribution >= 0.6 is 0 Å². The summed E-state index contributed by atoms with van der Waals surface area (Å²) in [5.74, 6) is 1.62. The van der Waals surface area contributed by atoms with E-state index >= 15 is 0 Å². The molecular formula is C17H27N3O. The van der Waals surface area contributed by atoms with Gasteiger partial charge in [0, 0.05) is 39.7 Å². The molecule has 0 aliphatic carbocycles. The molecule has 1 aromatic rings. The van der Waals surface area contributed by atoms with E-state index in [1.807, 2.05) is 7.05 Å². The molecule has 1 unspecified atom stereocenters. The third-order valence-corrected chi connectivity index (χ3v) is 3.90. The molecule has 4 heteroatoms. The zero-order valence-electron chi connectivity index (χ0n) is 13.2. The molecular weight excluding hydrogens is 262 g/mol. The molecule has 1 aromatic carbocycles. The van der Waals surface area contributed by atoms with E-state index in [1.54, 1.807) is 0 Å². The first-order valence-corrected chi connectivity index (χ1v) is 7.83. The van der Waals surface area contributed by atoms with Gasteiger partial charge in [0.1, 0.15) is 0 Å². The summed E-state index contributed by atoms with van der Waals surface area (Å²) in [6, 6.07) is 10.6. The van der Waals surface area contributed by atoms with Crippen LogP contribution in [0.3, 0.4) is 0 Å². The minimum absolute atomic E-state index is 0.637. The van der Waals surface area contributed by atoms with Crippen LogP contribution in [0.5, 0.6) is 0 Å². The van der Waals surface area contributed by atoms with Crippen LogP contribution in [0.2, 0.25) is 0 Å². The van der Waals surface area contributed by atoms with Crippen LogP contribution in [0.1, 0.15) is 18.4 Å². The topological polar surface area (TPSA) is 36.9 Å². The van der Waals surface area contributed by atoms with E-state index in [-0.39, 0.29) is 0 Å². The van der Waals surface area contributed by atoms with Gasteiger partial charge in [0.15, 0.2) is 5.96 Å². The van der Waals surface area contributed by atoms with E-state index in [1.165, 1.54) is 5.56 Å². The van der Waals surface area contributed by atoms with Crippen molar-refractivity contribution in [1.82, 2.24) is 10.2 Å². The molecule has 1 aliphatic heterocycles. The van der Waals surface area contributed by atoms with Gasteiger partial charge in [0.2, 0.25) is 0 Å². The molecule has 21 heavy (non-hydrogen) atoms. The van der Waals surface area contributed by atoms with Crippen LogP contribution < -0.4 is 5.32 Å². The highest BCUT2D eigenvalue weighted by atomic mass is 16.5. The van der Waals surface area contributed by atoms with Crippen molar-refractivity contribution in [3.63, 3.8) is 0 Å². The second-order valence-corrected chi connectivity index (χ2v) is 5.67. The zero-order chi connectivity index (χ0) is 14.9. The Morgan fingerprint density at radius 1 is 1.38 bits per heavy atom. The average molecular weight is 289 g/mol. The average Bonchev–Trinajstić information content (AvgIpc) is 3.01. The van der Waals surface area contributed by atoms with E-state index < -0.39 is 0 Å². The Kier molecular flexibility index (Phi) is 6.54. The van der Waals surface area contributed by atoms with Crippen molar-refractivity contribution in [3.05, 3.63) is 35.9 Å². The highest BCUT2D eigenvalue weighted by Crippen LogP contribution is 2.13. The number of hydrogen-bond donors (Lipinski definition) is 1. The van der Waals surface area contributed by atoms with Gasteiger partial charge >= 0.3 is 0 Å². The second-order valence-electron chi connectivity index (χ2n) is 5.67. The lowest BCUT2D eigenvalue weighted by molar-refractivity contribution is 0.181. The summed E-state index contributed by atoms with van der Waals surface area (Å²) in [6.07, 6.45) is 3.38. The van der Waals surface area contributed by atoms with Gasteiger partial charge in [-0.1, -0.05) is 30.3 Å². The Morgan fingerprint density at radius 3 is 2.86 bits per heavy atom. The molecule has 4 nitrogen and oxygen atoms in total. The summed E-state index contributed by atoms with van der Waals surface area (Å²) in [4.78, 5) is 6.58. The van der Waals surface area contributed by atoms with Gasteiger partial charge in [-0.05, 0) is 24.8 Å². The normalized spacial score (nSPS) is 18.8. The van der Waals surface area contributed by atoms with Crippen LogP contribution in [0.25, 0.3) is 0 Å². The fraction of sp³-hybridized carbons (Fsp3) is 0.588. The molecule has 2 rings (SSSR count). The SMILES string of the molecule is CN=C(NCCCc1ccccc1)N(C)CC1CCOC1. The number of hydrogen-bond acceptors (Lipinski definition) is 2. The van der Waals surface area contributed by atoms with Crippen LogP contribution in [-0.4, -0.2) is 51.3 Å². The molecule has 1 N–H and O–H groups in total. The van der Waals surface area contributed by atoms with Gasteiger partial charge in [0.25, 0.3) is 0 Å². The fourth-order valence-electron chi connectivity index (χ4n) is 2.72. The van der Waals surface area contributed by atoms with Gasteiger partial charge in [-0.25, -0.2) is 0 Å². The van der Waals surface area contributed by atoms with Gasteiger partial charge in [-0.3, -0.25) is 4.99 Å². The molecule has 116 valence electrons. The lowest BCUT2D eigenvalue weighted by Crippen LogP contribution is -2.41. The van der Waals surface area contributed by atoms with Crippen LogP contribution in [0.15, 0.2) is 35.3 Å². The molecule has 1 aliphatic rings. The minimum atomic E-state index is 0.637. The quantitative estimate of drug-likeness (QED) is 0.495. The molecule has 0 aromatic heterocycles. The molecule has 1 heterocycles. The molecule has 1 atom stereocenters. The summed E-state index contributed by atoms with van der Waals surface area (Å²) < 4.78 is 5.43. The summed E-state index contributed by atoms with van der Waals surface area (Å²) >= 11 is 0.